The first-order valence-corrected chi connectivity index (χ1v) is 7.10. The molecule has 0 aromatic carbocycles. The van der Waals surface area contributed by atoms with E-state index < -0.39 is 0 Å². The smallest absolute Gasteiger partial charge is 0.129 e. The maximum atomic E-state index is 8.93. The SMILES string of the molecule is CCC1CCCN(c2cc(N)c(C#N)s2)CC1. The average molecular weight is 249 g/mol. The summed E-state index contributed by atoms with van der Waals surface area (Å²) in [6.45, 7) is 4.47. The fourth-order valence-corrected chi connectivity index (χ4v) is 3.36. The molecule has 0 saturated carbocycles. The first-order valence-electron chi connectivity index (χ1n) is 6.29. The summed E-state index contributed by atoms with van der Waals surface area (Å²) in [6, 6.07) is 4.11. The summed E-state index contributed by atoms with van der Waals surface area (Å²) in [4.78, 5) is 3.04. The predicted molar refractivity (Wildman–Crippen MR) is 73.3 cm³/mol. The van der Waals surface area contributed by atoms with Crippen LogP contribution in [0.2, 0.25) is 0 Å². The highest BCUT2D eigenvalue weighted by atomic mass is 32.1. The van der Waals surface area contributed by atoms with Gasteiger partial charge in [-0.05, 0) is 31.2 Å². The van der Waals surface area contributed by atoms with Crippen LogP contribution in [0.4, 0.5) is 10.7 Å². The molecule has 2 heterocycles. The third-order valence-corrected chi connectivity index (χ3v) is 4.70. The fourth-order valence-electron chi connectivity index (χ4n) is 2.43. The van der Waals surface area contributed by atoms with Crippen LogP contribution in [0.5, 0.6) is 0 Å². The summed E-state index contributed by atoms with van der Waals surface area (Å²) < 4.78 is 0. The highest BCUT2D eigenvalue weighted by molar-refractivity contribution is 7.17. The minimum Gasteiger partial charge on any atom is -0.397 e. The quantitative estimate of drug-likeness (QED) is 0.875. The van der Waals surface area contributed by atoms with E-state index in [1.165, 1.54) is 37.0 Å². The van der Waals surface area contributed by atoms with Gasteiger partial charge in [-0.15, -0.1) is 11.3 Å². The first-order chi connectivity index (χ1) is 8.24. The van der Waals surface area contributed by atoms with E-state index in [-0.39, 0.29) is 0 Å². The zero-order valence-corrected chi connectivity index (χ0v) is 11.1. The van der Waals surface area contributed by atoms with E-state index in [0.29, 0.717) is 10.6 Å². The number of hydrogen-bond donors (Lipinski definition) is 1. The molecule has 1 saturated heterocycles. The van der Waals surface area contributed by atoms with Gasteiger partial charge in [0, 0.05) is 13.1 Å². The van der Waals surface area contributed by atoms with Gasteiger partial charge in [-0.2, -0.15) is 5.26 Å². The molecule has 2 rings (SSSR count). The molecule has 1 aliphatic rings. The summed E-state index contributed by atoms with van der Waals surface area (Å²) in [5.41, 5.74) is 6.44. The number of nitrogen functional groups attached to an aromatic ring is 1. The zero-order valence-electron chi connectivity index (χ0n) is 10.3. The van der Waals surface area contributed by atoms with E-state index in [1.54, 1.807) is 0 Å². The molecular formula is C13H19N3S. The highest BCUT2D eigenvalue weighted by Crippen LogP contribution is 2.33. The standard InChI is InChI=1S/C13H19N3S/c1-2-10-4-3-6-16(7-5-10)13-8-11(15)12(9-14)17-13/h8,10H,2-7,15H2,1H3. The topological polar surface area (TPSA) is 53.0 Å². The second kappa shape index (κ2) is 5.42. The third-order valence-electron chi connectivity index (χ3n) is 3.59. The summed E-state index contributed by atoms with van der Waals surface area (Å²) >= 11 is 1.52. The Morgan fingerprint density at radius 1 is 1.53 bits per heavy atom. The van der Waals surface area contributed by atoms with Gasteiger partial charge in [-0.1, -0.05) is 13.3 Å². The van der Waals surface area contributed by atoms with Crippen molar-refractivity contribution in [1.82, 2.24) is 0 Å². The van der Waals surface area contributed by atoms with Crippen LogP contribution >= 0.6 is 11.3 Å². The van der Waals surface area contributed by atoms with E-state index in [0.717, 1.165) is 24.0 Å². The normalized spacial score (nSPS) is 20.9. The molecule has 1 aromatic heterocycles. The molecule has 1 aliphatic heterocycles. The summed E-state index contributed by atoms with van der Waals surface area (Å²) in [6.07, 6.45) is 5.12. The molecule has 1 fully saturated rings. The van der Waals surface area contributed by atoms with Crippen LogP contribution < -0.4 is 10.6 Å². The minimum absolute atomic E-state index is 0.629. The highest BCUT2D eigenvalue weighted by Gasteiger charge is 2.18. The number of hydrogen-bond acceptors (Lipinski definition) is 4. The van der Waals surface area contributed by atoms with Crippen molar-refractivity contribution in [3.63, 3.8) is 0 Å². The number of rotatable bonds is 2. The van der Waals surface area contributed by atoms with Crippen molar-refractivity contribution in [2.75, 3.05) is 23.7 Å². The van der Waals surface area contributed by atoms with Crippen LogP contribution in [0.3, 0.4) is 0 Å². The molecule has 0 bridgehead atoms. The van der Waals surface area contributed by atoms with E-state index in [1.807, 2.05) is 6.07 Å². The van der Waals surface area contributed by atoms with E-state index in [2.05, 4.69) is 17.9 Å². The molecule has 0 amide bonds. The minimum atomic E-state index is 0.629. The lowest BCUT2D eigenvalue weighted by Gasteiger charge is -2.20. The van der Waals surface area contributed by atoms with Crippen molar-refractivity contribution in [3.05, 3.63) is 10.9 Å². The second-order valence-corrected chi connectivity index (χ2v) is 5.70. The first kappa shape index (κ1) is 12.3. The average Bonchev–Trinajstić information content (AvgIpc) is 2.58. The van der Waals surface area contributed by atoms with Crippen LogP contribution in [-0.2, 0) is 0 Å². The van der Waals surface area contributed by atoms with Crippen molar-refractivity contribution in [2.45, 2.75) is 32.6 Å². The Morgan fingerprint density at radius 3 is 3.00 bits per heavy atom. The van der Waals surface area contributed by atoms with Gasteiger partial charge in [0.15, 0.2) is 0 Å². The Balaban J connectivity index is 2.09. The molecule has 1 aromatic rings. The molecule has 0 radical (unpaired) electrons. The second-order valence-electron chi connectivity index (χ2n) is 4.67. The number of anilines is 2. The van der Waals surface area contributed by atoms with Crippen LogP contribution in [-0.4, -0.2) is 13.1 Å². The van der Waals surface area contributed by atoms with Gasteiger partial charge >= 0.3 is 0 Å². The van der Waals surface area contributed by atoms with Gasteiger partial charge in [-0.3, -0.25) is 0 Å². The van der Waals surface area contributed by atoms with Crippen LogP contribution in [0.15, 0.2) is 6.07 Å². The maximum Gasteiger partial charge on any atom is 0.129 e. The molecule has 1 unspecified atom stereocenters. The molecule has 0 aliphatic carbocycles. The van der Waals surface area contributed by atoms with Crippen molar-refractivity contribution in [1.29, 1.82) is 5.26 Å². The van der Waals surface area contributed by atoms with Gasteiger partial charge < -0.3 is 10.6 Å². The summed E-state index contributed by atoms with van der Waals surface area (Å²) in [5, 5.41) is 10.1. The maximum absolute atomic E-state index is 8.93. The van der Waals surface area contributed by atoms with E-state index in [4.69, 9.17) is 11.0 Å². The van der Waals surface area contributed by atoms with Gasteiger partial charge in [0.1, 0.15) is 10.9 Å². The van der Waals surface area contributed by atoms with Crippen molar-refractivity contribution in [3.8, 4) is 6.07 Å². The lowest BCUT2D eigenvalue weighted by atomic mass is 9.98. The lowest BCUT2D eigenvalue weighted by molar-refractivity contribution is 0.459. The number of nitrogens with two attached hydrogens (primary N) is 1. The van der Waals surface area contributed by atoms with Crippen molar-refractivity contribution >= 4 is 22.0 Å². The molecule has 3 nitrogen and oxygen atoms in total. The molecule has 0 spiro atoms. The molecular weight excluding hydrogens is 230 g/mol. The largest absolute Gasteiger partial charge is 0.397 e. The van der Waals surface area contributed by atoms with Crippen molar-refractivity contribution < 1.29 is 0 Å². The van der Waals surface area contributed by atoms with E-state index in [9.17, 15) is 0 Å². The van der Waals surface area contributed by atoms with Gasteiger partial charge in [0.25, 0.3) is 0 Å². The molecule has 1 atom stereocenters. The van der Waals surface area contributed by atoms with Gasteiger partial charge in [0.2, 0.25) is 0 Å². The third kappa shape index (κ3) is 2.73. The van der Waals surface area contributed by atoms with Gasteiger partial charge in [0.05, 0.1) is 10.7 Å². The Hall–Kier alpha value is -1.21. The summed E-state index contributed by atoms with van der Waals surface area (Å²) in [7, 11) is 0. The molecule has 17 heavy (non-hydrogen) atoms. The van der Waals surface area contributed by atoms with Crippen LogP contribution in [0.25, 0.3) is 0 Å². The van der Waals surface area contributed by atoms with Crippen LogP contribution in [0.1, 0.15) is 37.5 Å². The zero-order chi connectivity index (χ0) is 12.3. The Kier molecular flexibility index (Phi) is 3.90. The number of thiophene rings is 1. The molecule has 4 heteroatoms. The predicted octanol–water partition coefficient (Wildman–Crippen LogP) is 3.22. The molecule has 2 N–H and O–H groups in total. The van der Waals surface area contributed by atoms with Crippen molar-refractivity contribution in [2.24, 2.45) is 5.92 Å². The van der Waals surface area contributed by atoms with Gasteiger partial charge in [-0.25, -0.2) is 0 Å². The Bertz CT molecular complexity index is 419. The number of nitrogens with zero attached hydrogens (tertiary/aromatic N) is 2. The lowest BCUT2D eigenvalue weighted by Crippen LogP contribution is -2.23. The van der Waals surface area contributed by atoms with E-state index >= 15 is 0 Å². The molecule has 92 valence electrons. The fraction of sp³-hybridized carbons (Fsp3) is 0.615. The van der Waals surface area contributed by atoms with Crippen LogP contribution in [0, 0.1) is 17.2 Å². The number of nitriles is 1. The summed E-state index contributed by atoms with van der Waals surface area (Å²) in [5.74, 6) is 0.868. The Labute approximate surface area is 107 Å². The Morgan fingerprint density at radius 2 is 2.35 bits per heavy atom. The monoisotopic (exact) mass is 249 g/mol.